The highest BCUT2D eigenvalue weighted by Crippen LogP contribution is 2.40. The molecule has 2 N–H and O–H groups in total. The van der Waals surface area contributed by atoms with E-state index in [1.54, 1.807) is 6.92 Å². The van der Waals surface area contributed by atoms with E-state index >= 15 is 0 Å². The third-order valence-corrected chi connectivity index (χ3v) is 5.22. The molecule has 9 heteroatoms. The van der Waals surface area contributed by atoms with Crippen molar-refractivity contribution < 1.29 is 23.4 Å². The van der Waals surface area contributed by atoms with E-state index in [-0.39, 0.29) is 33.0 Å². The van der Waals surface area contributed by atoms with Gasteiger partial charge in [-0.05, 0) is 53.2 Å². The van der Waals surface area contributed by atoms with E-state index in [1.807, 2.05) is 0 Å². The van der Waals surface area contributed by atoms with Gasteiger partial charge in [-0.25, -0.2) is 13.6 Å². The van der Waals surface area contributed by atoms with Gasteiger partial charge in [0.05, 0.1) is 5.56 Å². The molecule has 0 fully saturated rings. The molecule has 0 spiro atoms. The van der Waals surface area contributed by atoms with Gasteiger partial charge in [-0.3, -0.25) is 4.79 Å². The monoisotopic (exact) mass is 483 g/mol. The molecule has 0 bridgehead atoms. The second kappa shape index (κ2) is 8.34. The van der Waals surface area contributed by atoms with E-state index in [2.05, 4.69) is 20.9 Å². The van der Waals surface area contributed by atoms with Gasteiger partial charge in [0.25, 0.3) is 5.56 Å². The number of H-pyrrole nitrogens is 1. The Kier molecular flexibility index (Phi) is 6.04. The smallest absolute Gasteiger partial charge is 0.335 e. The van der Waals surface area contributed by atoms with E-state index in [0.717, 1.165) is 12.1 Å². The number of aromatic carboxylic acids is 1. The SMILES string of the molecule is Cc1[nH]c(=O)c(Br)c(OCc2ccc(F)cc2F)c1-c1cc(C(=O)O)ccc1Cl. The predicted octanol–water partition coefficient (Wildman–Crippen LogP) is 5.32. The maximum Gasteiger partial charge on any atom is 0.335 e. The highest BCUT2D eigenvalue weighted by atomic mass is 79.9. The molecule has 29 heavy (non-hydrogen) atoms. The van der Waals surface area contributed by atoms with Crippen molar-refractivity contribution >= 4 is 33.5 Å². The minimum absolute atomic E-state index is 0.0124. The van der Waals surface area contributed by atoms with Crippen molar-refractivity contribution in [3.63, 3.8) is 0 Å². The zero-order valence-electron chi connectivity index (χ0n) is 14.9. The molecule has 0 radical (unpaired) electrons. The van der Waals surface area contributed by atoms with Gasteiger partial charge in [-0.2, -0.15) is 0 Å². The van der Waals surface area contributed by atoms with E-state index in [9.17, 15) is 23.5 Å². The average Bonchev–Trinajstić information content (AvgIpc) is 2.65. The summed E-state index contributed by atoms with van der Waals surface area (Å²) < 4.78 is 32.8. The summed E-state index contributed by atoms with van der Waals surface area (Å²) >= 11 is 9.43. The second-order valence-electron chi connectivity index (χ2n) is 6.12. The fourth-order valence-corrected chi connectivity index (χ4v) is 3.39. The number of aromatic nitrogens is 1. The summed E-state index contributed by atoms with van der Waals surface area (Å²) in [5, 5.41) is 9.51. The van der Waals surface area contributed by atoms with E-state index in [4.69, 9.17) is 16.3 Å². The summed E-state index contributed by atoms with van der Waals surface area (Å²) in [7, 11) is 0. The normalized spacial score (nSPS) is 10.8. The lowest BCUT2D eigenvalue weighted by molar-refractivity contribution is 0.0697. The molecule has 5 nitrogen and oxygen atoms in total. The number of hydrogen-bond donors (Lipinski definition) is 2. The molecule has 0 unspecified atom stereocenters. The van der Waals surface area contributed by atoms with Crippen LogP contribution in [0.2, 0.25) is 5.02 Å². The van der Waals surface area contributed by atoms with Gasteiger partial charge >= 0.3 is 5.97 Å². The maximum atomic E-state index is 14.0. The summed E-state index contributed by atoms with van der Waals surface area (Å²) in [6.45, 7) is 1.30. The molecule has 0 aliphatic heterocycles. The lowest BCUT2D eigenvalue weighted by Gasteiger charge is -2.17. The number of nitrogens with one attached hydrogen (secondary N) is 1. The van der Waals surface area contributed by atoms with Crippen LogP contribution in [0.3, 0.4) is 0 Å². The van der Waals surface area contributed by atoms with Crippen molar-refractivity contribution in [1.82, 2.24) is 4.98 Å². The Bertz CT molecular complexity index is 1180. The molecule has 0 amide bonds. The Balaban J connectivity index is 2.14. The highest BCUT2D eigenvalue weighted by molar-refractivity contribution is 9.10. The van der Waals surface area contributed by atoms with Gasteiger partial charge in [0, 0.05) is 33.5 Å². The number of halogens is 4. The van der Waals surface area contributed by atoms with Crippen LogP contribution in [0.1, 0.15) is 21.6 Å². The predicted molar refractivity (Wildman–Crippen MR) is 108 cm³/mol. The van der Waals surface area contributed by atoms with Crippen LogP contribution in [0.25, 0.3) is 11.1 Å². The van der Waals surface area contributed by atoms with Crippen molar-refractivity contribution in [3.8, 4) is 16.9 Å². The van der Waals surface area contributed by atoms with Crippen molar-refractivity contribution in [1.29, 1.82) is 0 Å². The van der Waals surface area contributed by atoms with Gasteiger partial charge in [0.15, 0.2) is 0 Å². The number of ether oxygens (including phenoxy) is 1. The van der Waals surface area contributed by atoms with Gasteiger partial charge in [-0.15, -0.1) is 0 Å². The molecule has 0 saturated carbocycles. The minimum Gasteiger partial charge on any atom is -0.487 e. The number of aryl methyl sites for hydroxylation is 1. The number of carboxylic acid groups (broad SMARTS) is 1. The Morgan fingerprint density at radius 3 is 2.62 bits per heavy atom. The molecular weight excluding hydrogens is 472 g/mol. The highest BCUT2D eigenvalue weighted by Gasteiger charge is 2.21. The Hall–Kier alpha value is -2.71. The van der Waals surface area contributed by atoms with Crippen LogP contribution in [0.5, 0.6) is 5.75 Å². The number of benzene rings is 2. The molecule has 3 aromatic rings. The van der Waals surface area contributed by atoms with Crippen molar-refractivity contribution in [2.24, 2.45) is 0 Å². The standard InChI is InChI=1S/C20H13BrClF2NO4/c1-9-16(13-6-10(20(27)28)3-5-14(13)22)18(17(21)19(26)25-9)29-8-11-2-4-12(23)7-15(11)24/h2-7H,8H2,1H3,(H,25,26)(H,27,28). The number of aromatic amines is 1. The summed E-state index contributed by atoms with van der Waals surface area (Å²) in [4.78, 5) is 26.2. The number of rotatable bonds is 5. The fraction of sp³-hybridized carbons (Fsp3) is 0.100. The van der Waals surface area contributed by atoms with Gasteiger partial charge in [-0.1, -0.05) is 11.6 Å². The zero-order chi connectivity index (χ0) is 21.3. The number of carboxylic acids is 1. The fourth-order valence-electron chi connectivity index (χ4n) is 2.77. The largest absolute Gasteiger partial charge is 0.487 e. The third kappa shape index (κ3) is 4.33. The lowest BCUT2D eigenvalue weighted by Crippen LogP contribution is -2.13. The number of hydrogen-bond acceptors (Lipinski definition) is 3. The first-order valence-electron chi connectivity index (χ1n) is 8.21. The van der Waals surface area contributed by atoms with Crippen molar-refractivity contribution in [2.75, 3.05) is 0 Å². The third-order valence-electron chi connectivity index (χ3n) is 4.17. The summed E-state index contributed by atoms with van der Waals surface area (Å²) in [6.07, 6.45) is 0. The van der Waals surface area contributed by atoms with Crippen molar-refractivity contribution in [3.05, 3.63) is 84.7 Å². The lowest BCUT2D eigenvalue weighted by atomic mass is 10.0. The molecule has 1 heterocycles. The van der Waals surface area contributed by atoms with E-state index < -0.39 is 23.2 Å². The number of carbonyl (C=O) groups is 1. The second-order valence-corrected chi connectivity index (χ2v) is 7.32. The van der Waals surface area contributed by atoms with Gasteiger partial charge in [0.1, 0.15) is 28.5 Å². The first-order valence-corrected chi connectivity index (χ1v) is 9.38. The van der Waals surface area contributed by atoms with Crippen molar-refractivity contribution in [2.45, 2.75) is 13.5 Å². The molecule has 3 rings (SSSR count). The van der Waals surface area contributed by atoms with Crippen LogP contribution in [0.15, 0.2) is 45.7 Å². The van der Waals surface area contributed by atoms with Crippen LogP contribution >= 0.6 is 27.5 Å². The molecule has 2 aromatic carbocycles. The molecule has 0 aliphatic rings. The Morgan fingerprint density at radius 1 is 1.24 bits per heavy atom. The number of pyridine rings is 1. The van der Waals surface area contributed by atoms with Gasteiger partial charge in [0.2, 0.25) is 0 Å². The average molecular weight is 485 g/mol. The Labute approximate surface area is 177 Å². The first-order chi connectivity index (χ1) is 13.7. The topological polar surface area (TPSA) is 79.4 Å². The van der Waals surface area contributed by atoms with Crippen LogP contribution < -0.4 is 10.3 Å². The molecule has 150 valence electrons. The van der Waals surface area contributed by atoms with Crippen LogP contribution in [-0.4, -0.2) is 16.1 Å². The van der Waals surface area contributed by atoms with Crippen LogP contribution in [-0.2, 0) is 6.61 Å². The molecule has 0 aliphatic carbocycles. The van der Waals surface area contributed by atoms with Crippen LogP contribution in [0, 0.1) is 18.6 Å². The quantitative estimate of drug-likeness (QED) is 0.514. The molecular formula is C20H13BrClF2NO4. The van der Waals surface area contributed by atoms with E-state index in [0.29, 0.717) is 16.8 Å². The summed E-state index contributed by atoms with van der Waals surface area (Å²) in [6, 6.07) is 7.17. The molecule has 0 atom stereocenters. The summed E-state index contributed by atoms with van der Waals surface area (Å²) in [5.74, 6) is -2.62. The summed E-state index contributed by atoms with van der Waals surface area (Å²) in [5.41, 5.74) is 0.598. The van der Waals surface area contributed by atoms with Crippen LogP contribution in [0.4, 0.5) is 8.78 Å². The first kappa shape index (κ1) is 21.0. The Morgan fingerprint density at radius 2 is 1.97 bits per heavy atom. The van der Waals surface area contributed by atoms with E-state index in [1.165, 1.54) is 24.3 Å². The maximum absolute atomic E-state index is 14.0. The zero-order valence-corrected chi connectivity index (χ0v) is 17.2. The molecule has 0 saturated heterocycles. The molecule has 1 aromatic heterocycles. The van der Waals surface area contributed by atoms with Gasteiger partial charge < -0.3 is 14.8 Å². The minimum atomic E-state index is -1.15.